The molecular weight excluding hydrogens is 298 g/mol. The van der Waals surface area contributed by atoms with E-state index in [1.165, 1.54) is 10.6 Å². The van der Waals surface area contributed by atoms with E-state index in [0.29, 0.717) is 11.3 Å². The van der Waals surface area contributed by atoms with Gasteiger partial charge in [-0.1, -0.05) is 30.4 Å². The van der Waals surface area contributed by atoms with Crippen LogP contribution in [0.5, 0.6) is 0 Å². The molecule has 1 heterocycles. The second-order valence-corrected chi connectivity index (χ2v) is 5.81. The molecule has 0 saturated heterocycles. The maximum atomic E-state index is 12.5. The van der Waals surface area contributed by atoms with E-state index in [1.54, 1.807) is 56.4 Å². The predicted octanol–water partition coefficient (Wildman–Crippen LogP) is 1.86. The van der Waals surface area contributed by atoms with E-state index in [1.807, 2.05) is 0 Å². The zero-order chi connectivity index (χ0) is 16.3. The highest BCUT2D eigenvalue weighted by atomic mass is 32.1. The molecule has 0 spiro atoms. The number of aromatic nitrogens is 1. The summed E-state index contributed by atoms with van der Waals surface area (Å²) in [5.41, 5.74) is 5.56. The van der Waals surface area contributed by atoms with Gasteiger partial charge in [0.2, 0.25) is 5.91 Å². The van der Waals surface area contributed by atoms with E-state index in [4.69, 9.17) is 18.0 Å². The fraction of sp³-hybridized carbons (Fsp3) is 0.188. The van der Waals surface area contributed by atoms with Gasteiger partial charge in [-0.05, 0) is 32.0 Å². The van der Waals surface area contributed by atoms with Gasteiger partial charge in [0.1, 0.15) is 10.5 Å². The van der Waals surface area contributed by atoms with Crippen LogP contribution in [0.25, 0.3) is 0 Å². The lowest BCUT2D eigenvalue weighted by Gasteiger charge is -2.26. The van der Waals surface area contributed by atoms with Gasteiger partial charge in [0, 0.05) is 23.5 Å². The molecule has 114 valence electrons. The molecule has 0 bridgehead atoms. The first kappa shape index (κ1) is 15.9. The molecule has 1 amide bonds. The monoisotopic (exact) mass is 315 g/mol. The summed E-state index contributed by atoms with van der Waals surface area (Å²) in [7, 11) is 0. The van der Waals surface area contributed by atoms with E-state index in [-0.39, 0.29) is 16.5 Å². The number of hydrogen-bond donors (Lipinski definition) is 2. The number of benzene rings is 1. The summed E-state index contributed by atoms with van der Waals surface area (Å²) in [6.45, 7) is 3.36. The number of amides is 1. The molecule has 6 heteroatoms. The standard InChI is InChI=1S/C16H17N3O2S/c1-16(2,19-9-4-3-8-13(19)20)15(21)18-12-7-5-6-11(10-12)14(17)22/h3-10H,1-2H3,(H2,17,22)(H,18,21). The van der Waals surface area contributed by atoms with Crippen molar-refractivity contribution in [2.24, 2.45) is 5.73 Å². The number of hydrogen-bond acceptors (Lipinski definition) is 3. The number of nitrogens with zero attached hydrogens (tertiary/aromatic N) is 1. The highest BCUT2D eigenvalue weighted by Crippen LogP contribution is 2.17. The second kappa shape index (κ2) is 6.11. The summed E-state index contributed by atoms with van der Waals surface area (Å²) in [4.78, 5) is 24.7. The molecule has 0 aliphatic carbocycles. The second-order valence-electron chi connectivity index (χ2n) is 5.37. The maximum absolute atomic E-state index is 12.5. The fourth-order valence-electron chi connectivity index (χ4n) is 2.03. The van der Waals surface area contributed by atoms with Crippen molar-refractivity contribution < 1.29 is 4.79 Å². The van der Waals surface area contributed by atoms with E-state index >= 15 is 0 Å². The van der Waals surface area contributed by atoms with Crippen LogP contribution in [0.15, 0.2) is 53.5 Å². The van der Waals surface area contributed by atoms with Gasteiger partial charge in [0.25, 0.3) is 5.56 Å². The number of anilines is 1. The lowest BCUT2D eigenvalue weighted by molar-refractivity contribution is -0.123. The smallest absolute Gasteiger partial charge is 0.251 e. The van der Waals surface area contributed by atoms with Crippen LogP contribution in [-0.4, -0.2) is 15.5 Å². The zero-order valence-corrected chi connectivity index (χ0v) is 13.2. The molecular formula is C16H17N3O2S. The summed E-state index contributed by atoms with van der Waals surface area (Å²) in [6.07, 6.45) is 1.59. The topological polar surface area (TPSA) is 77.1 Å². The van der Waals surface area contributed by atoms with Gasteiger partial charge in [-0.15, -0.1) is 0 Å². The van der Waals surface area contributed by atoms with Crippen LogP contribution >= 0.6 is 12.2 Å². The molecule has 0 aliphatic heterocycles. The number of pyridine rings is 1. The van der Waals surface area contributed by atoms with Gasteiger partial charge in [0.05, 0.1) is 0 Å². The Kier molecular flexibility index (Phi) is 4.42. The lowest BCUT2D eigenvalue weighted by atomic mass is 10.0. The third-order valence-electron chi connectivity index (χ3n) is 3.39. The predicted molar refractivity (Wildman–Crippen MR) is 91.0 cm³/mol. The first-order valence-electron chi connectivity index (χ1n) is 6.72. The fourth-order valence-corrected chi connectivity index (χ4v) is 2.16. The first-order valence-corrected chi connectivity index (χ1v) is 7.12. The van der Waals surface area contributed by atoms with Crippen molar-refractivity contribution in [2.45, 2.75) is 19.4 Å². The summed E-state index contributed by atoms with van der Waals surface area (Å²) >= 11 is 4.92. The van der Waals surface area contributed by atoms with E-state index < -0.39 is 5.54 Å². The molecule has 5 nitrogen and oxygen atoms in total. The SMILES string of the molecule is CC(C)(C(=O)Nc1cccc(C(N)=S)c1)n1ccccc1=O. The van der Waals surface area contributed by atoms with Gasteiger partial charge < -0.3 is 15.6 Å². The minimum Gasteiger partial charge on any atom is -0.389 e. The van der Waals surface area contributed by atoms with Gasteiger partial charge in [-0.2, -0.15) is 0 Å². The highest BCUT2D eigenvalue weighted by Gasteiger charge is 2.30. The van der Waals surface area contributed by atoms with Crippen LogP contribution in [0.1, 0.15) is 19.4 Å². The molecule has 0 unspecified atom stereocenters. The quantitative estimate of drug-likeness (QED) is 0.844. The van der Waals surface area contributed by atoms with Gasteiger partial charge in [-0.25, -0.2) is 0 Å². The van der Waals surface area contributed by atoms with E-state index in [0.717, 1.165) is 0 Å². The molecule has 22 heavy (non-hydrogen) atoms. The Morgan fingerprint density at radius 1 is 1.23 bits per heavy atom. The summed E-state index contributed by atoms with van der Waals surface area (Å²) < 4.78 is 1.39. The molecule has 2 aromatic rings. The van der Waals surface area contributed by atoms with Crippen LogP contribution in [0.4, 0.5) is 5.69 Å². The molecule has 1 aromatic carbocycles. The van der Waals surface area contributed by atoms with Gasteiger partial charge in [0.15, 0.2) is 0 Å². The molecule has 0 aliphatic rings. The molecule has 0 saturated carbocycles. The minimum atomic E-state index is -1.03. The lowest BCUT2D eigenvalue weighted by Crippen LogP contribution is -2.45. The normalized spacial score (nSPS) is 11.0. The molecule has 0 fully saturated rings. The van der Waals surface area contributed by atoms with Crippen molar-refractivity contribution in [3.05, 3.63) is 64.6 Å². The van der Waals surface area contributed by atoms with Crippen molar-refractivity contribution in [1.82, 2.24) is 4.57 Å². The number of nitrogens with two attached hydrogens (primary N) is 1. The van der Waals surface area contributed by atoms with E-state index in [2.05, 4.69) is 5.32 Å². The van der Waals surface area contributed by atoms with Crippen LogP contribution in [-0.2, 0) is 10.3 Å². The van der Waals surface area contributed by atoms with Crippen LogP contribution in [0, 0.1) is 0 Å². The molecule has 1 aromatic heterocycles. The highest BCUT2D eigenvalue weighted by molar-refractivity contribution is 7.80. The van der Waals surface area contributed by atoms with Gasteiger partial charge >= 0.3 is 0 Å². The van der Waals surface area contributed by atoms with Crippen molar-refractivity contribution >= 4 is 28.8 Å². The average molecular weight is 315 g/mol. The average Bonchev–Trinajstić information content (AvgIpc) is 2.47. The van der Waals surface area contributed by atoms with Crippen molar-refractivity contribution in [3.8, 4) is 0 Å². The number of carbonyl (C=O) groups excluding carboxylic acids is 1. The first-order chi connectivity index (χ1) is 10.3. The Bertz CT molecular complexity index is 781. The number of thiocarbonyl (C=S) groups is 1. The summed E-state index contributed by atoms with van der Waals surface area (Å²) in [5.74, 6) is -0.305. The van der Waals surface area contributed by atoms with Crippen LogP contribution in [0.3, 0.4) is 0 Å². The molecule has 0 atom stereocenters. The summed E-state index contributed by atoms with van der Waals surface area (Å²) in [6, 6.07) is 11.7. The van der Waals surface area contributed by atoms with Crippen LogP contribution in [0.2, 0.25) is 0 Å². The molecule has 3 N–H and O–H groups in total. The Morgan fingerprint density at radius 2 is 1.95 bits per heavy atom. The number of nitrogens with one attached hydrogen (secondary N) is 1. The number of carbonyl (C=O) groups is 1. The maximum Gasteiger partial charge on any atom is 0.251 e. The van der Waals surface area contributed by atoms with Crippen molar-refractivity contribution in [2.75, 3.05) is 5.32 Å². The third-order valence-corrected chi connectivity index (χ3v) is 3.62. The van der Waals surface area contributed by atoms with Gasteiger partial charge in [-0.3, -0.25) is 9.59 Å². The Labute approximate surface area is 133 Å². The Morgan fingerprint density at radius 3 is 2.59 bits per heavy atom. The molecule has 2 rings (SSSR count). The Balaban J connectivity index is 2.28. The number of rotatable bonds is 4. The Hall–Kier alpha value is -2.47. The molecule has 0 radical (unpaired) electrons. The summed E-state index contributed by atoms with van der Waals surface area (Å²) in [5, 5.41) is 2.79. The largest absolute Gasteiger partial charge is 0.389 e. The van der Waals surface area contributed by atoms with Crippen molar-refractivity contribution in [3.63, 3.8) is 0 Å². The third kappa shape index (κ3) is 3.23. The van der Waals surface area contributed by atoms with Crippen molar-refractivity contribution in [1.29, 1.82) is 0 Å². The zero-order valence-electron chi connectivity index (χ0n) is 12.4. The van der Waals surface area contributed by atoms with Crippen LogP contribution < -0.4 is 16.6 Å². The minimum absolute atomic E-state index is 0.237. The van der Waals surface area contributed by atoms with E-state index in [9.17, 15) is 9.59 Å².